The highest BCUT2D eigenvalue weighted by Crippen LogP contribution is 2.32. The van der Waals surface area contributed by atoms with E-state index in [1.165, 1.54) is 6.42 Å². The summed E-state index contributed by atoms with van der Waals surface area (Å²) in [5.41, 5.74) is 7.25. The summed E-state index contributed by atoms with van der Waals surface area (Å²) in [5, 5.41) is 0.778. The molecule has 0 amide bonds. The van der Waals surface area contributed by atoms with Gasteiger partial charge in [-0.25, -0.2) is 0 Å². The molecule has 1 aromatic carbocycles. The van der Waals surface area contributed by atoms with Crippen LogP contribution in [0, 0.1) is 18.8 Å². The number of nitrogens with two attached hydrogens (primary N) is 1. The molecule has 0 heterocycles. The van der Waals surface area contributed by atoms with E-state index in [0.29, 0.717) is 5.92 Å². The summed E-state index contributed by atoms with van der Waals surface area (Å²) in [6, 6.07) is 5.96. The zero-order valence-electron chi connectivity index (χ0n) is 12.0. The van der Waals surface area contributed by atoms with E-state index < -0.39 is 0 Å². The second-order valence-corrected chi connectivity index (χ2v) is 6.46. The molecule has 0 saturated heterocycles. The van der Waals surface area contributed by atoms with Crippen molar-refractivity contribution in [2.45, 2.75) is 52.2 Å². The van der Waals surface area contributed by atoms with Crippen LogP contribution in [0.15, 0.2) is 18.2 Å². The number of hydrogen-bond donors (Lipinski definition) is 1. The Morgan fingerprint density at radius 3 is 2.68 bits per heavy atom. The van der Waals surface area contributed by atoms with E-state index in [1.807, 2.05) is 25.1 Å². The summed E-state index contributed by atoms with van der Waals surface area (Å²) in [6.45, 7) is 6.56. The maximum Gasteiger partial charge on any atom is 0.120 e. The predicted molar refractivity (Wildman–Crippen MR) is 80.8 cm³/mol. The van der Waals surface area contributed by atoms with Crippen LogP contribution in [0.2, 0.25) is 5.02 Å². The molecule has 19 heavy (non-hydrogen) atoms. The maximum absolute atomic E-state index is 6.21. The zero-order chi connectivity index (χ0) is 14.0. The van der Waals surface area contributed by atoms with Gasteiger partial charge in [0.1, 0.15) is 11.9 Å². The third-order valence-corrected chi connectivity index (χ3v) is 4.67. The summed E-state index contributed by atoms with van der Waals surface area (Å²) in [5.74, 6) is 2.30. The first kappa shape index (κ1) is 14.7. The van der Waals surface area contributed by atoms with E-state index in [-0.39, 0.29) is 12.1 Å². The van der Waals surface area contributed by atoms with Crippen molar-refractivity contribution >= 4 is 11.6 Å². The highest BCUT2D eigenvalue weighted by Gasteiger charge is 2.31. The van der Waals surface area contributed by atoms with Crippen molar-refractivity contribution in [2.24, 2.45) is 17.6 Å². The van der Waals surface area contributed by atoms with Crippen LogP contribution >= 0.6 is 11.6 Å². The molecule has 2 rings (SSSR count). The minimum absolute atomic E-state index is 0.127. The van der Waals surface area contributed by atoms with Crippen LogP contribution in [0.5, 0.6) is 5.75 Å². The minimum atomic E-state index is 0.127. The topological polar surface area (TPSA) is 35.2 Å². The lowest BCUT2D eigenvalue weighted by Gasteiger charge is -2.36. The molecule has 0 radical (unpaired) electrons. The molecule has 1 fully saturated rings. The first-order chi connectivity index (χ1) is 8.97. The van der Waals surface area contributed by atoms with E-state index in [4.69, 9.17) is 22.1 Å². The van der Waals surface area contributed by atoms with Gasteiger partial charge in [-0.1, -0.05) is 25.4 Å². The average molecular weight is 282 g/mol. The molecular weight excluding hydrogens is 258 g/mol. The van der Waals surface area contributed by atoms with Crippen LogP contribution in [0.1, 0.15) is 38.7 Å². The summed E-state index contributed by atoms with van der Waals surface area (Å²) in [6.07, 6.45) is 3.46. The van der Waals surface area contributed by atoms with Crippen molar-refractivity contribution in [3.8, 4) is 5.75 Å². The molecule has 1 aromatic rings. The minimum Gasteiger partial charge on any atom is -0.489 e. The van der Waals surface area contributed by atoms with Crippen LogP contribution in [0.25, 0.3) is 0 Å². The van der Waals surface area contributed by atoms with Gasteiger partial charge < -0.3 is 10.5 Å². The molecule has 1 saturated carbocycles. The lowest BCUT2D eigenvalue weighted by atomic mass is 9.78. The summed E-state index contributed by atoms with van der Waals surface area (Å²) in [7, 11) is 0. The number of aryl methyl sites for hydroxylation is 1. The van der Waals surface area contributed by atoms with Crippen LogP contribution in [0.3, 0.4) is 0 Å². The molecule has 0 aliphatic heterocycles. The Bertz CT molecular complexity index is 433. The van der Waals surface area contributed by atoms with E-state index in [2.05, 4.69) is 13.8 Å². The SMILES string of the molecule is Cc1cc(OC2CC(C(C)C)CCC2N)ccc1Cl. The molecule has 3 unspecified atom stereocenters. The Balaban J connectivity index is 2.05. The fourth-order valence-corrected chi connectivity index (χ4v) is 2.91. The number of hydrogen-bond acceptors (Lipinski definition) is 2. The third kappa shape index (κ3) is 3.64. The van der Waals surface area contributed by atoms with Crippen molar-refractivity contribution in [2.75, 3.05) is 0 Å². The summed E-state index contributed by atoms with van der Waals surface area (Å²) >= 11 is 6.04. The summed E-state index contributed by atoms with van der Waals surface area (Å²) < 4.78 is 6.10. The van der Waals surface area contributed by atoms with Gasteiger partial charge in [-0.3, -0.25) is 0 Å². The second kappa shape index (κ2) is 6.15. The predicted octanol–water partition coefficient (Wildman–Crippen LogP) is 4.18. The monoisotopic (exact) mass is 281 g/mol. The molecule has 0 bridgehead atoms. The van der Waals surface area contributed by atoms with E-state index >= 15 is 0 Å². The first-order valence-electron chi connectivity index (χ1n) is 7.15. The lowest BCUT2D eigenvalue weighted by molar-refractivity contribution is 0.0867. The lowest BCUT2D eigenvalue weighted by Crippen LogP contribution is -2.44. The number of benzene rings is 1. The van der Waals surface area contributed by atoms with Crippen LogP contribution < -0.4 is 10.5 Å². The fraction of sp³-hybridized carbons (Fsp3) is 0.625. The molecule has 3 atom stereocenters. The van der Waals surface area contributed by atoms with E-state index in [1.54, 1.807) is 0 Å². The van der Waals surface area contributed by atoms with Gasteiger partial charge in [-0.05, 0) is 61.8 Å². The molecule has 0 spiro atoms. The van der Waals surface area contributed by atoms with Gasteiger partial charge in [0.2, 0.25) is 0 Å². The fourth-order valence-electron chi connectivity index (χ4n) is 2.79. The van der Waals surface area contributed by atoms with Crippen molar-refractivity contribution in [3.05, 3.63) is 28.8 Å². The van der Waals surface area contributed by atoms with E-state index in [9.17, 15) is 0 Å². The number of ether oxygens (including phenoxy) is 1. The van der Waals surface area contributed by atoms with Crippen molar-refractivity contribution in [1.82, 2.24) is 0 Å². The molecule has 2 nitrogen and oxygen atoms in total. The van der Waals surface area contributed by atoms with Gasteiger partial charge in [-0.15, -0.1) is 0 Å². The zero-order valence-corrected chi connectivity index (χ0v) is 12.8. The van der Waals surface area contributed by atoms with E-state index in [0.717, 1.165) is 35.1 Å². The Kier molecular flexibility index (Phi) is 4.75. The largest absolute Gasteiger partial charge is 0.489 e. The number of rotatable bonds is 3. The molecule has 1 aliphatic rings. The Morgan fingerprint density at radius 1 is 1.32 bits per heavy atom. The van der Waals surface area contributed by atoms with Crippen LogP contribution in [0.4, 0.5) is 0 Å². The van der Waals surface area contributed by atoms with Gasteiger partial charge in [0.05, 0.1) is 0 Å². The smallest absolute Gasteiger partial charge is 0.120 e. The van der Waals surface area contributed by atoms with Crippen molar-refractivity contribution in [1.29, 1.82) is 0 Å². The van der Waals surface area contributed by atoms with Crippen molar-refractivity contribution in [3.63, 3.8) is 0 Å². The second-order valence-electron chi connectivity index (χ2n) is 6.05. The number of halogens is 1. The van der Waals surface area contributed by atoms with Gasteiger partial charge >= 0.3 is 0 Å². The molecule has 106 valence electrons. The molecule has 0 aromatic heterocycles. The standard InChI is InChI=1S/C16H24ClNO/c1-10(2)12-4-7-15(18)16(9-12)19-13-5-6-14(17)11(3)8-13/h5-6,8,10,12,15-16H,4,7,9,18H2,1-3H3. The molecule has 2 N–H and O–H groups in total. The van der Waals surface area contributed by atoms with Gasteiger partial charge in [0.15, 0.2) is 0 Å². The van der Waals surface area contributed by atoms with Crippen LogP contribution in [-0.2, 0) is 0 Å². The molecule has 1 aliphatic carbocycles. The Morgan fingerprint density at radius 2 is 2.05 bits per heavy atom. The first-order valence-corrected chi connectivity index (χ1v) is 7.53. The highest BCUT2D eigenvalue weighted by molar-refractivity contribution is 6.31. The Hall–Kier alpha value is -0.730. The quantitative estimate of drug-likeness (QED) is 0.902. The highest BCUT2D eigenvalue weighted by atomic mass is 35.5. The van der Waals surface area contributed by atoms with Crippen LogP contribution in [-0.4, -0.2) is 12.1 Å². The van der Waals surface area contributed by atoms with Gasteiger partial charge in [0, 0.05) is 11.1 Å². The molecular formula is C16H24ClNO. The van der Waals surface area contributed by atoms with Gasteiger partial charge in [-0.2, -0.15) is 0 Å². The average Bonchev–Trinajstić information content (AvgIpc) is 2.36. The van der Waals surface area contributed by atoms with Gasteiger partial charge in [0.25, 0.3) is 0 Å². The maximum atomic E-state index is 6.21. The molecule has 3 heteroatoms. The van der Waals surface area contributed by atoms with Crippen molar-refractivity contribution < 1.29 is 4.74 Å². The summed E-state index contributed by atoms with van der Waals surface area (Å²) in [4.78, 5) is 0. The Labute approximate surface area is 121 Å². The third-order valence-electron chi connectivity index (χ3n) is 4.24. The normalized spacial score (nSPS) is 27.6.